The number of nitrogens with one attached hydrogen (secondary N) is 1. The van der Waals surface area contributed by atoms with E-state index in [1.807, 2.05) is 54.6 Å². The maximum atomic E-state index is 9.39. The molecule has 134 valence electrons. The first-order chi connectivity index (χ1) is 13.2. The van der Waals surface area contributed by atoms with Gasteiger partial charge in [0.05, 0.1) is 15.7 Å². The molecule has 0 fully saturated rings. The van der Waals surface area contributed by atoms with Crippen molar-refractivity contribution in [1.29, 1.82) is 5.26 Å². The van der Waals surface area contributed by atoms with Crippen LogP contribution in [-0.4, -0.2) is 0 Å². The number of anilines is 1. The third-order valence-electron chi connectivity index (χ3n) is 3.78. The second-order valence-electron chi connectivity index (χ2n) is 5.74. The zero-order valence-electron chi connectivity index (χ0n) is 14.3. The molecule has 1 N–H and O–H groups in total. The molecule has 0 radical (unpaired) electrons. The highest BCUT2D eigenvalue weighted by Gasteiger charge is 2.06. The van der Waals surface area contributed by atoms with E-state index in [0.29, 0.717) is 28.0 Å². The van der Waals surface area contributed by atoms with Gasteiger partial charge in [0.2, 0.25) is 0 Å². The molecule has 3 rings (SSSR count). The van der Waals surface area contributed by atoms with Crippen LogP contribution in [0.25, 0.3) is 6.08 Å². The molecule has 0 aliphatic rings. The first-order valence-corrected chi connectivity index (χ1v) is 9.01. The fourth-order valence-electron chi connectivity index (χ4n) is 2.41. The number of rotatable bonds is 6. The van der Waals surface area contributed by atoms with Crippen LogP contribution in [0.15, 0.2) is 78.5 Å². The summed E-state index contributed by atoms with van der Waals surface area (Å²) in [6, 6.07) is 24.8. The number of hydrogen-bond acceptors (Lipinski definition) is 3. The summed E-state index contributed by atoms with van der Waals surface area (Å²) in [6.07, 6.45) is 1.73. The fraction of sp³-hybridized carbons (Fsp3) is 0.0455. The molecule has 5 heteroatoms. The van der Waals surface area contributed by atoms with Gasteiger partial charge >= 0.3 is 0 Å². The van der Waals surface area contributed by atoms with Gasteiger partial charge < -0.3 is 10.1 Å². The zero-order valence-corrected chi connectivity index (χ0v) is 15.8. The van der Waals surface area contributed by atoms with Gasteiger partial charge in [-0.2, -0.15) is 5.26 Å². The van der Waals surface area contributed by atoms with Crippen molar-refractivity contribution >= 4 is 35.0 Å². The Balaban J connectivity index is 1.68. The lowest BCUT2D eigenvalue weighted by Gasteiger charge is -2.09. The van der Waals surface area contributed by atoms with Crippen molar-refractivity contribution in [3.63, 3.8) is 0 Å². The molecule has 0 atom stereocenters. The number of halogens is 2. The number of allylic oxidation sites excluding steroid dienone is 1. The van der Waals surface area contributed by atoms with Crippen LogP contribution >= 0.6 is 23.2 Å². The van der Waals surface area contributed by atoms with Gasteiger partial charge in [-0.25, -0.2) is 0 Å². The van der Waals surface area contributed by atoms with E-state index in [4.69, 9.17) is 27.9 Å². The third-order valence-corrected chi connectivity index (χ3v) is 4.60. The molecule has 0 spiro atoms. The zero-order chi connectivity index (χ0) is 19.1. The van der Waals surface area contributed by atoms with E-state index in [1.165, 1.54) is 0 Å². The normalized spacial score (nSPS) is 10.9. The highest BCUT2D eigenvalue weighted by atomic mass is 35.5. The summed E-state index contributed by atoms with van der Waals surface area (Å²) >= 11 is 12.2. The molecule has 0 unspecified atom stereocenters. The van der Waals surface area contributed by atoms with Crippen molar-refractivity contribution in [3.8, 4) is 11.8 Å². The van der Waals surface area contributed by atoms with Crippen LogP contribution in [0.5, 0.6) is 5.75 Å². The molecule has 3 nitrogen and oxygen atoms in total. The van der Waals surface area contributed by atoms with Gasteiger partial charge in [0.15, 0.2) is 0 Å². The van der Waals surface area contributed by atoms with Gasteiger partial charge in [0, 0.05) is 0 Å². The molecule has 3 aromatic carbocycles. The lowest BCUT2D eigenvalue weighted by atomic mass is 10.2. The quantitative estimate of drug-likeness (QED) is 0.482. The van der Waals surface area contributed by atoms with E-state index in [9.17, 15) is 5.26 Å². The SMILES string of the molecule is N#CC(=Cc1ccc(OCc2ccccc2)cc1)Nc1cccc(Cl)c1Cl. The predicted molar refractivity (Wildman–Crippen MR) is 111 cm³/mol. The Morgan fingerprint density at radius 2 is 1.70 bits per heavy atom. The number of hydrogen-bond donors (Lipinski definition) is 1. The number of ether oxygens (including phenoxy) is 1. The molecule has 27 heavy (non-hydrogen) atoms. The van der Waals surface area contributed by atoms with Crippen molar-refractivity contribution in [1.82, 2.24) is 0 Å². The number of nitrogens with zero attached hydrogens (tertiary/aromatic N) is 1. The monoisotopic (exact) mass is 394 g/mol. The van der Waals surface area contributed by atoms with E-state index in [2.05, 4.69) is 11.4 Å². The minimum Gasteiger partial charge on any atom is -0.489 e. The molecular formula is C22H16Cl2N2O. The first kappa shape index (κ1) is 18.8. The summed E-state index contributed by atoms with van der Waals surface area (Å²) in [5, 5.41) is 13.2. The molecule has 0 aromatic heterocycles. The number of benzene rings is 3. The lowest BCUT2D eigenvalue weighted by molar-refractivity contribution is 0.306. The number of nitriles is 1. The van der Waals surface area contributed by atoms with Crippen LogP contribution in [0.2, 0.25) is 10.0 Å². The van der Waals surface area contributed by atoms with Crippen LogP contribution in [0.1, 0.15) is 11.1 Å². The second kappa shape index (κ2) is 9.14. The highest BCUT2D eigenvalue weighted by molar-refractivity contribution is 6.43. The van der Waals surface area contributed by atoms with E-state index in [0.717, 1.165) is 16.9 Å². The van der Waals surface area contributed by atoms with Crippen molar-refractivity contribution in [3.05, 3.63) is 99.7 Å². The average molecular weight is 395 g/mol. The van der Waals surface area contributed by atoms with E-state index in [1.54, 1.807) is 24.3 Å². The van der Waals surface area contributed by atoms with Gasteiger partial charge in [-0.3, -0.25) is 0 Å². The molecular weight excluding hydrogens is 379 g/mol. The molecule has 0 aliphatic carbocycles. The largest absolute Gasteiger partial charge is 0.489 e. The predicted octanol–water partition coefficient (Wildman–Crippen LogP) is 6.55. The Kier molecular flexibility index (Phi) is 6.38. The molecule has 0 bridgehead atoms. The van der Waals surface area contributed by atoms with Crippen LogP contribution < -0.4 is 10.1 Å². The standard InChI is InChI=1S/C22H16Cl2N2O/c23-20-7-4-8-21(22(20)24)26-18(14-25)13-16-9-11-19(12-10-16)27-15-17-5-2-1-3-6-17/h1-13,26H,15H2. The van der Waals surface area contributed by atoms with Crippen LogP contribution in [0.4, 0.5) is 5.69 Å². The summed E-state index contributed by atoms with van der Waals surface area (Å²) in [5.41, 5.74) is 2.91. The van der Waals surface area contributed by atoms with Gasteiger partial charge in [-0.15, -0.1) is 0 Å². The molecule has 0 heterocycles. The molecule has 0 amide bonds. The van der Waals surface area contributed by atoms with Crippen LogP contribution in [0.3, 0.4) is 0 Å². The van der Waals surface area contributed by atoms with Crippen molar-refractivity contribution in [2.45, 2.75) is 6.61 Å². The van der Waals surface area contributed by atoms with Crippen molar-refractivity contribution in [2.24, 2.45) is 0 Å². The van der Waals surface area contributed by atoms with Gasteiger partial charge in [0.25, 0.3) is 0 Å². The Hall–Kier alpha value is -2.93. The molecule has 3 aromatic rings. The maximum absolute atomic E-state index is 9.39. The minimum atomic E-state index is 0.358. The van der Waals surface area contributed by atoms with Crippen molar-refractivity contribution in [2.75, 3.05) is 5.32 Å². The van der Waals surface area contributed by atoms with Gasteiger partial charge in [-0.1, -0.05) is 71.7 Å². The Labute approximate surface area is 168 Å². The molecule has 0 saturated carbocycles. The topological polar surface area (TPSA) is 45.0 Å². The summed E-state index contributed by atoms with van der Waals surface area (Å²) in [4.78, 5) is 0. The van der Waals surface area contributed by atoms with Crippen LogP contribution in [-0.2, 0) is 6.61 Å². The Bertz CT molecular complexity index is 977. The Morgan fingerprint density at radius 1 is 0.963 bits per heavy atom. The van der Waals surface area contributed by atoms with E-state index in [-0.39, 0.29) is 0 Å². The smallest absolute Gasteiger partial charge is 0.119 e. The van der Waals surface area contributed by atoms with Gasteiger partial charge in [0.1, 0.15) is 24.1 Å². The average Bonchev–Trinajstić information content (AvgIpc) is 2.71. The third kappa shape index (κ3) is 5.27. The Morgan fingerprint density at radius 3 is 2.41 bits per heavy atom. The van der Waals surface area contributed by atoms with Crippen molar-refractivity contribution < 1.29 is 4.74 Å². The highest BCUT2D eigenvalue weighted by Crippen LogP contribution is 2.30. The summed E-state index contributed by atoms with van der Waals surface area (Å²) in [6.45, 7) is 0.508. The first-order valence-electron chi connectivity index (χ1n) is 8.25. The van der Waals surface area contributed by atoms with E-state index >= 15 is 0 Å². The lowest BCUT2D eigenvalue weighted by Crippen LogP contribution is -1.98. The summed E-state index contributed by atoms with van der Waals surface area (Å²) in [7, 11) is 0. The summed E-state index contributed by atoms with van der Waals surface area (Å²) in [5.74, 6) is 0.764. The molecule has 0 aliphatic heterocycles. The molecule has 0 saturated heterocycles. The summed E-state index contributed by atoms with van der Waals surface area (Å²) < 4.78 is 5.77. The van der Waals surface area contributed by atoms with Gasteiger partial charge in [-0.05, 0) is 41.5 Å². The minimum absolute atomic E-state index is 0.358. The second-order valence-corrected chi connectivity index (χ2v) is 6.52. The van der Waals surface area contributed by atoms with E-state index < -0.39 is 0 Å². The fourth-order valence-corrected chi connectivity index (χ4v) is 2.76. The maximum Gasteiger partial charge on any atom is 0.119 e. The van der Waals surface area contributed by atoms with Crippen LogP contribution in [0, 0.1) is 11.3 Å².